The van der Waals surface area contributed by atoms with Crippen LogP contribution in [0, 0.1) is 0 Å². The van der Waals surface area contributed by atoms with Gasteiger partial charge < -0.3 is 15.5 Å². The van der Waals surface area contributed by atoms with Crippen LogP contribution in [0.1, 0.15) is 46.0 Å². The van der Waals surface area contributed by atoms with Crippen LogP contribution in [0.15, 0.2) is 72.8 Å². The molecule has 0 unspecified atom stereocenters. The molecule has 1 aliphatic carbocycles. The monoisotopic (exact) mass is 525 g/mol. The Morgan fingerprint density at radius 2 is 1.55 bits per heavy atom. The maximum absolute atomic E-state index is 14.1. The molecule has 0 spiro atoms. The number of hydrogen-bond acceptors (Lipinski definition) is 4. The largest absolute Gasteiger partial charge is 0.368 e. The van der Waals surface area contributed by atoms with E-state index in [4.69, 9.17) is 0 Å². The Morgan fingerprint density at radius 3 is 2.34 bits per heavy atom. The van der Waals surface area contributed by atoms with Gasteiger partial charge in [0.05, 0.1) is 16.8 Å². The number of amides is 1. The quantitative estimate of drug-likeness (QED) is 0.264. The number of carbonyl (C=O) groups excluding carboxylic acids is 2. The maximum atomic E-state index is 14.1. The molecule has 2 aliphatic rings. The van der Waals surface area contributed by atoms with Gasteiger partial charge in [0.2, 0.25) is 0 Å². The van der Waals surface area contributed by atoms with Gasteiger partial charge in [0.1, 0.15) is 0 Å². The van der Waals surface area contributed by atoms with Crippen LogP contribution < -0.4 is 15.5 Å². The Labute approximate surface area is 229 Å². The zero-order valence-electron chi connectivity index (χ0n) is 21.5. The summed E-state index contributed by atoms with van der Waals surface area (Å²) in [5.41, 5.74) is 6.58. The Hall–Kier alpha value is -3.67. The van der Waals surface area contributed by atoms with Crippen molar-refractivity contribution >= 4 is 40.6 Å². The number of benzene rings is 4. The molecule has 6 rings (SSSR count). The fourth-order valence-electron chi connectivity index (χ4n) is 5.74. The lowest BCUT2D eigenvalue weighted by molar-refractivity contribution is 0.0953. The number of halogens is 1. The fourth-order valence-corrected chi connectivity index (χ4v) is 5.74. The molecule has 194 valence electrons. The van der Waals surface area contributed by atoms with Gasteiger partial charge in [-0.3, -0.25) is 9.59 Å². The number of nitrogens with zero attached hydrogens (tertiary/aromatic N) is 1. The van der Waals surface area contributed by atoms with Gasteiger partial charge in [-0.15, -0.1) is 12.4 Å². The summed E-state index contributed by atoms with van der Waals surface area (Å²) in [5.74, 6) is -0.112. The second kappa shape index (κ2) is 11.0. The van der Waals surface area contributed by atoms with Crippen LogP contribution in [0.2, 0.25) is 0 Å². The molecule has 5 nitrogen and oxygen atoms in total. The van der Waals surface area contributed by atoms with Gasteiger partial charge in [0, 0.05) is 43.9 Å². The van der Waals surface area contributed by atoms with Crippen LogP contribution in [-0.2, 0) is 0 Å². The summed E-state index contributed by atoms with van der Waals surface area (Å²) in [7, 11) is 0. The normalized spacial score (nSPS) is 14.1. The maximum Gasteiger partial charge on any atom is 0.253 e. The predicted octanol–water partition coefficient (Wildman–Crippen LogP) is 6.08. The van der Waals surface area contributed by atoms with Crippen LogP contribution in [0.5, 0.6) is 0 Å². The van der Waals surface area contributed by atoms with Crippen LogP contribution in [0.3, 0.4) is 0 Å². The van der Waals surface area contributed by atoms with E-state index < -0.39 is 0 Å². The number of piperazine rings is 1. The molecule has 0 bridgehead atoms. The molecule has 1 amide bonds. The Bertz CT molecular complexity index is 1520. The van der Waals surface area contributed by atoms with E-state index in [2.05, 4.69) is 52.8 Å². The summed E-state index contributed by atoms with van der Waals surface area (Å²) in [5, 5.41) is 8.77. The molecule has 0 aromatic heterocycles. The topological polar surface area (TPSA) is 61.4 Å². The van der Waals surface area contributed by atoms with Crippen LogP contribution in [0.4, 0.5) is 5.69 Å². The molecule has 4 aromatic rings. The van der Waals surface area contributed by atoms with Crippen molar-refractivity contribution in [1.29, 1.82) is 0 Å². The molecule has 0 atom stereocenters. The summed E-state index contributed by atoms with van der Waals surface area (Å²) < 4.78 is 0. The highest BCUT2D eigenvalue weighted by molar-refractivity contribution is 6.29. The highest BCUT2D eigenvalue weighted by atomic mass is 35.5. The lowest BCUT2D eigenvalue weighted by Gasteiger charge is -2.33. The average molecular weight is 526 g/mol. The van der Waals surface area contributed by atoms with Gasteiger partial charge >= 0.3 is 0 Å². The van der Waals surface area contributed by atoms with Gasteiger partial charge in [0.15, 0.2) is 5.78 Å². The number of carbonyl (C=O) groups is 2. The fraction of sp³-hybridized carbons (Fsp3) is 0.250. The van der Waals surface area contributed by atoms with Gasteiger partial charge in [0.25, 0.3) is 5.91 Å². The molecule has 38 heavy (non-hydrogen) atoms. The lowest BCUT2D eigenvalue weighted by Crippen LogP contribution is -2.45. The van der Waals surface area contributed by atoms with Crippen molar-refractivity contribution in [2.75, 3.05) is 37.6 Å². The minimum absolute atomic E-state index is 0. The number of hydrogen-bond donors (Lipinski definition) is 2. The van der Waals surface area contributed by atoms with Crippen molar-refractivity contribution in [3.63, 3.8) is 0 Å². The smallest absolute Gasteiger partial charge is 0.253 e. The molecule has 0 radical (unpaired) electrons. The minimum Gasteiger partial charge on any atom is -0.368 e. The van der Waals surface area contributed by atoms with E-state index >= 15 is 0 Å². The Kier molecular flexibility index (Phi) is 7.50. The summed E-state index contributed by atoms with van der Waals surface area (Å²) in [4.78, 5) is 30.0. The Balaban J connectivity index is 0.00000294. The lowest BCUT2D eigenvalue weighted by atomic mass is 9.87. The summed E-state index contributed by atoms with van der Waals surface area (Å²) in [6, 6.07) is 24.5. The minimum atomic E-state index is -0.116. The number of nitrogens with one attached hydrogen (secondary N) is 2. The SMILES string of the molecule is CCCCNC(=O)c1cc(-c2cccc3ccccc23)c2c(c1N1CCNCC1)C(=O)c1ccccc1-2.Cl. The summed E-state index contributed by atoms with van der Waals surface area (Å²) in [6.07, 6.45) is 1.92. The van der Waals surface area contributed by atoms with E-state index in [9.17, 15) is 9.59 Å². The third-order valence-electron chi connectivity index (χ3n) is 7.54. The van der Waals surface area contributed by atoms with E-state index in [1.165, 1.54) is 0 Å². The molecular formula is C32H32ClN3O2. The third-order valence-corrected chi connectivity index (χ3v) is 7.54. The first-order valence-corrected chi connectivity index (χ1v) is 13.3. The zero-order valence-corrected chi connectivity index (χ0v) is 22.4. The molecule has 1 heterocycles. The first-order valence-electron chi connectivity index (χ1n) is 13.3. The first kappa shape index (κ1) is 26.0. The van der Waals surface area contributed by atoms with Crippen molar-refractivity contribution in [2.45, 2.75) is 19.8 Å². The standard InChI is InChI=1S/C32H31N3O2.ClH/c1-2-3-15-34-32(37)27-20-26(23-14-8-10-21-9-4-5-11-22(21)23)28-24-12-6-7-13-25(24)31(36)29(28)30(27)35-18-16-33-17-19-35;/h4-14,20,33H,2-3,15-19H2,1H3,(H,34,37);1H. The summed E-state index contributed by atoms with van der Waals surface area (Å²) in [6.45, 7) is 5.86. The highest BCUT2D eigenvalue weighted by Crippen LogP contribution is 2.49. The van der Waals surface area contributed by atoms with Crippen molar-refractivity contribution in [3.8, 4) is 22.3 Å². The zero-order chi connectivity index (χ0) is 25.4. The second-order valence-electron chi connectivity index (χ2n) is 9.82. The van der Waals surface area contributed by atoms with E-state index in [0.29, 0.717) is 23.2 Å². The van der Waals surface area contributed by atoms with Crippen molar-refractivity contribution in [1.82, 2.24) is 10.6 Å². The molecule has 1 aliphatic heterocycles. The van der Waals surface area contributed by atoms with Crippen molar-refractivity contribution < 1.29 is 9.59 Å². The number of anilines is 1. The number of fused-ring (bicyclic) bond motifs is 4. The predicted molar refractivity (Wildman–Crippen MR) is 158 cm³/mol. The molecule has 1 saturated heterocycles. The molecule has 2 N–H and O–H groups in total. The molecule has 6 heteroatoms. The highest BCUT2D eigenvalue weighted by Gasteiger charge is 2.36. The van der Waals surface area contributed by atoms with Gasteiger partial charge in [-0.2, -0.15) is 0 Å². The number of rotatable bonds is 6. The van der Waals surface area contributed by atoms with E-state index in [1.54, 1.807) is 0 Å². The van der Waals surface area contributed by atoms with Crippen LogP contribution in [-0.4, -0.2) is 44.4 Å². The number of ketones is 1. The summed E-state index contributed by atoms with van der Waals surface area (Å²) >= 11 is 0. The van der Waals surface area contributed by atoms with Gasteiger partial charge in [-0.05, 0) is 39.9 Å². The molecule has 1 fully saturated rings. The van der Waals surface area contributed by atoms with Crippen molar-refractivity contribution in [2.24, 2.45) is 0 Å². The van der Waals surface area contributed by atoms with Gasteiger partial charge in [-0.25, -0.2) is 0 Å². The Morgan fingerprint density at radius 1 is 0.868 bits per heavy atom. The van der Waals surface area contributed by atoms with E-state index in [0.717, 1.165) is 77.7 Å². The van der Waals surface area contributed by atoms with Crippen molar-refractivity contribution in [3.05, 3.63) is 89.5 Å². The van der Waals surface area contributed by atoms with E-state index in [1.807, 2.05) is 42.5 Å². The van der Waals surface area contributed by atoms with Crippen LogP contribution in [0.25, 0.3) is 33.0 Å². The third kappa shape index (κ3) is 4.36. The molecule has 0 saturated carbocycles. The molecular weight excluding hydrogens is 494 g/mol. The number of unbranched alkanes of at least 4 members (excludes halogenated alkanes) is 1. The molecule has 4 aromatic carbocycles. The second-order valence-corrected chi connectivity index (χ2v) is 9.82. The first-order chi connectivity index (χ1) is 18.2. The van der Waals surface area contributed by atoms with Gasteiger partial charge in [-0.1, -0.05) is 80.1 Å². The van der Waals surface area contributed by atoms with E-state index in [-0.39, 0.29) is 24.1 Å². The van der Waals surface area contributed by atoms with Crippen LogP contribution >= 0.6 is 12.4 Å². The average Bonchev–Trinajstić information content (AvgIpc) is 3.25.